The third-order valence-corrected chi connectivity index (χ3v) is 3.21. The minimum Gasteiger partial charge on any atom is -0.493 e. The van der Waals surface area contributed by atoms with Crippen molar-refractivity contribution in [2.45, 2.75) is 18.9 Å². The van der Waals surface area contributed by atoms with E-state index in [9.17, 15) is 9.59 Å². The van der Waals surface area contributed by atoms with E-state index in [1.807, 2.05) is 0 Å². The Morgan fingerprint density at radius 2 is 2.05 bits per heavy atom. The van der Waals surface area contributed by atoms with Crippen LogP contribution in [0.5, 0.6) is 11.5 Å². The average molecular weight is 309 g/mol. The number of rotatable bonds is 6. The summed E-state index contributed by atoms with van der Waals surface area (Å²) in [6, 6.07) is 4.96. The summed E-state index contributed by atoms with van der Waals surface area (Å²) in [6.45, 7) is 0.199. The largest absolute Gasteiger partial charge is 0.493 e. The molecule has 2 rings (SSSR count). The number of anilines is 1. The molecular formula is C15H19NO6. The topological polar surface area (TPSA) is 83.1 Å². The molecule has 22 heavy (non-hydrogen) atoms. The fourth-order valence-corrected chi connectivity index (χ4v) is 2.10. The van der Waals surface area contributed by atoms with Crippen LogP contribution in [0.4, 0.5) is 5.69 Å². The molecule has 7 nitrogen and oxygen atoms in total. The highest BCUT2D eigenvalue weighted by molar-refractivity contribution is 5.93. The third kappa shape index (κ3) is 4.11. The van der Waals surface area contributed by atoms with Gasteiger partial charge in [0, 0.05) is 18.4 Å². The number of hydrogen-bond donors (Lipinski definition) is 1. The number of esters is 1. The Hall–Kier alpha value is -2.28. The highest BCUT2D eigenvalue weighted by Gasteiger charge is 2.25. The molecule has 1 saturated heterocycles. The van der Waals surface area contributed by atoms with Gasteiger partial charge in [-0.3, -0.25) is 4.79 Å². The zero-order valence-corrected chi connectivity index (χ0v) is 12.6. The van der Waals surface area contributed by atoms with Gasteiger partial charge in [-0.25, -0.2) is 4.79 Å². The smallest absolute Gasteiger partial charge is 0.335 e. The van der Waals surface area contributed by atoms with Crippen LogP contribution in [0, 0.1) is 0 Å². The summed E-state index contributed by atoms with van der Waals surface area (Å²) in [7, 11) is 3.04. The number of methoxy groups -OCH3 is 2. The summed E-state index contributed by atoms with van der Waals surface area (Å²) < 4.78 is 20.4. The Labute approximate surface area is 128 Å². The molecular weight excluding hydrogens is 290 g/mol. The normalized spacial score (nSPS) is 16.9. The van der Waals surface area contributed by atoms with Gasteiger partial charge in [0.15, 0.2) is 24.2 Å². The summed E-state index contributed by atoms with van der Waals surface area (Å²) in [6.07, 6.45) is 0.919. The number of carbonyl (C=O) groups excluding carboxylic acids is 2. The molecule has 1 aliphatic heterocycles. The van der Waals surface area contributed by atoms with E-state index in [4.69, 9.17) is 18.9 Å². The third-order valence-electron chi connectivity index (χ3n) is 3.21. The van der Waals surface area contributed by atoms with Crippen molar-refractivity contribution in [1.82, 2.24) is 0 Å². The first-order chi connectivity index (χ1) is 10.6. The Kier molecular flexibility index (Phi) is 5.60. The van der Waals surface area contributed by atoms with E-state index in [1.165, 1.54) is 14.2 Å². The van der Waals surface area contributed by atoms with Crippen LogP contribution in [0.15, 0.2) is 18.2 Å². The predicted octanol–water partition coefficient (Wildman–Crippen LogP) is 1.36. The van der Waals surface area contributed by atoms with Gasteiger partial charge in [0.1, 0.15) is 0 Å². The van der Waals surface area contributed by atoms with Crippen LogP contribution >= 0.6 is 0 Å². The van der Waals surface area contributed by atoms with Crippen molar-refractivity contribution in [3.05, 3.63) is 18.2 Å². The molecule has 1 fully saturated rings. The number of hydrogen-bond acceptors (Lipinski definition) is 6. The maximum atomic E-state index is 11.8. The van der Waals surface area contributed by atoms with Gasteiger partial charge in [-0.15, -0.1) is 0 Å². The lowest BCUT2D eigenvalue weighted by molar-refractivity contribution is -0.156. The Bertz CT molecular complexity index is 539. The number of nitrogens with one attached hydrogen (secondary N) is 1. The van der Waals surface area contributed by atoms with Crippen LogP contribution in [0.3, 0.4) is 0 Å². The zero-order chi connectivity index (χ0) is 15.9. The maximum Gasteiger partial charge on any atom is 0.335 e. The first kappa shape index (κ1) is 16.1. The van der Waals surface area contributed by atoms with E-state index in [-0.39, 0.29) is 6.61 Å². The second kappa shape index (κ2) is 7.65. The predicted molar refractivity (Wildman–Crippen MR) is 78.1 cm³/mol. The lowest BCUT2D eigenvalue weighted by Gasteiger charge is -2.12. The van der Waals surface area contributed by atoms with Crippen molar-refractivity contribution >= 4 is 17.6 Å². The molecule has 0 bridgehead atoms. The Balaban J connectivity index is 1.85. The van der Waals surface area contributed by atoms with Crippen molar-refractivity contribution in [1.29, 1.82) is 0 Å². The lowest BCUT2D eigenvalue weighted by atomic mass is 10.2. The standard InChI is InChI=1S/C15H19NO6/c1-19-11-6-5-10(8-13(11)20-2)16-14(17)9-22-15(18)12-4-3-7-21-12/h5-6,8,12H,3-4,7,9H2,1-2H3,(H,16,17)/t12-/m1/s1. The van der Waals surface area contributed by atoms with Crippen LogP contribution in [0.1, 0.15) is 12.8 Å². The van der Waals surface area contributed by atoms with E-state index >= 15 is 0 Å². The molecule has 0 aromatic heterocycles. The van der Waals surface area contributed by atoms with Gasteiger partial charge in [-0.05, 0) is 25.0 Å². The van der Waals surface area contributed by atoms with Crippen molar-refractivity contribution in [2.75, 3.05) is 32.8 Å². The van der Waals surface area contributed by atoms with Crippen molar-refractivity contribution < 1.29 is 28.5 Å². The lowest BCUT2D eigenvalue weighted by Crippen LogP contribution is -2.27. The van der Waals surface area contributed by atoms with Crippen LogP contribution in [-0.4, -0.2) is 45.4 Å². The fourth-order valence-electron chi connectivity index (χ4n) is 2.10. The monoisotopic (exact) mass is 309 g/mol. The van der Waals surface area contributed by atoms with Gasteiger partial charge in [-0.2, -0.15) is 0 Å². The average Bonchev–Trinajstić information content (AvgIpc) is 3.07. The van der Waals surface area contributed by atoms with Gasteiger partial charge >= 0.3 is 5.97 Å². The first-order valence-corrected chi connectivity index (χ1v) is 6.94. The highest BCUT2D eigenvalue weighted by Crippen LogP contribution is 2.29. The molecule has 1 N–H and O–H groups in total. The number of benzene rings is 1. The molecule has 120 valence electrons. The summed E-state index contributed by atoms with van der Waals surface area (Å²) in [4.78, 5) is 23.4. The molecule has 1 aromatic carbocycles. The van der Waals surface area contributed by atoms with Gasteiger partial charge in [0.25, 0.3) is 5.91 Å². The molecule has 0 spiro atoms. The molecule has 1 aliphatic rings. The number of ether oxygens (including phenoxy) is 4. The van der Waals surface area contributed by atoms with E-state index in [0.29, 0.717) is 30.2 Å². The first-order valence-electron chi connectivity index (χ1n) is 6.94. The Morgan fingerprint density at radius 1 is 1.27 bits per heavy atom. The second-order valence-electron chi connectivity index (χ2n) is 4.73. The van der Waals surface area contributed by atoms with Crippen LogP contribution in [0.2, 0.25) is 0 Å². The molecule has 1 heterocycles. The minimum atomic E-state index is -0.547. The fraction of sp³-hybridized carbons (Fsp3) is 0.467. The molecule has 1 aromatic rings. The molecule has 0 unspecified atom stereocenters. The number of carbonyl (C=O) groups is 2. The summed E-state index contributed by atoms with van der Waals surface area (Å²) in [5.74, 6) is 0.125. The van der Waals surface area contributed by atoms with Gasteiger partial charge < -0.3 is 24.3 Å². The summed E-state index contributed by atoms with van der Waals surface area (Å²) >= 11 is 0. The van der Waals surface area contributed by atoms with Crippen LogP contribution in [-0.2, 0) is 19.1 Å². The van der Waals surface area contributed by atoms with E-state index in [0.717, 1.165) is 6.42 Å². The highest BCUT2D eigenvalue weighted by atomic mass is 16.6. The minimum absolute atomic E-state index is 0.354. The second-order valence-corrected chi connectivity index (χ2v) is 4.73. The van der Waals surface area contributed by atoms with Gasteiger partial charge in [-0.1, -0.05) is 0 Å². The molecule has 7 heteroatoms. The molecule has 1 amide bonds. The molecule has 1 atom stereocenters. The van der Waals surface area contributed by atoms with Crippen molar-refractivity contribution in [3.63, 3.8) is 0 Å². The Morgan fingerprint density at radius 3 is 2.68 bits per heavy atom. The van der Waals surface area contributed by atoms with Crippen molar-refractivity contribution in [3.8, 4) is 11.5 Å². The maximum absolute atomic E-state index is 11.8. The van der Waals surface area contributed by atoms with E-state index in [2.05, 4.69) is 5.32 Å². The van der Waals surface area contributed by atoms with Crippen LogP contribution in [0.25, 0.3) is 0 Å². The van der Waals surface area contributed by atoms with Gasteiger partial charge in [0.2, 0.25) is 0 Å². The zero-order valence-electron chi connectivity index (χ0n) is 12.6. The summed E-state index contributed by atoms with van der Waals surface area (Å²) in [5, 5.41) is 2.62. The SMILES string of the molecule is COc1ccc(NC(=O)COC(=O)[C@H]2CCCO2)cc1OC. The molecule has 0 aliphatic carbocycles. The van der Waals surface area contributed by atoms with E-state index < -0.39 is 18.0 Å². The summed E-state index contributed by atoms with van der Waals surface area (Å²) in [5.41, 5.74) is 0.524. The van der Waals surface area contributed by atoms with E-state index in [1.54, 1.807) is 18.2 Å². The van der Waals surface area contributed by atoms with Gasteiger partial charge in [0.05, 0.1) is 14.2 Å². The molecule has 0 radical (unpaired) electrons. The number of amides is 1. The quantitative estimate of drug-likeness (QED) is 0.799. The van der Waals surface area contributed by atoms with Crippen molar-refractivity contribution in [2.24, 2.45) is 0 Å². The molecule has 0 saturated carbocycles. The van der Waals surface area contributed by atoms with Crippen LogP contribution < -0.4 is 14.8 Å².